The van der Waals surface area contributed by atoms with Crippen molar-refractivity contribution in [2.75, 3.05) is 24.5 Å². The molecule has 1 aliphatic rings. The standard InChI is InChI=1S/C15H21N9/c1-3-21-7-6-16-15(21)11-22-8-9-23(10-12(22)2)14-5-4-13-17-19-20-24(13)18-14/h4-7,12H,3,8-11H2,1-2H3/t12-/m1/s1. The molecule has 4 rings (SSSR count). The third-order valence-electron chi connectivity index (χ3n) is 4.63. The molecule has 126 valence electrons. The number of rotatable bonds is 4. The van der Waals surface area contributed by atoms with E-state index in [1.807, 2.05) is 24.5 Å². The van der Waals surface area contributed by atoms with E-state index in [1.54, 1.807) is 0 Å². The summed E-state index contributed by atoms with van der Waals surface area (Å²) in [5, 5.41) is 15.9. The van der Waals surface area contributed by atoms with Gasteiger partial charge in [-0.15, -0.1) is 14.8 Å². The Kier molecular flexibility index (Phi) is 3.85. The molecule has 0 amide bonds. The first kappa shape index (κ1) is 15.0. The first-order chi connectivity index (χ1) is 11.7. The van der Waals surface area contributed by atoms with Crippen molar-refractivity contribution in [1.29, 1.82) is 0 Å². The fourth-order valence-corrected chi connectivity index (χ4v) is 3.21. The second kappa shape index (κ2) is 6.16. The van der Waals surface area contributed by atoms with Crippen LogP contribution in [0.3, 0.4) is 0 Å². The summed E-state index contributed by atoms with van der Waals surface area (Å²) in [7, 11) is 0. The number of anilines is 1. The lowest BCUT2D eigenvalue weighted by atomic mass is 10.2. The summed E-state index contributed by atoms with van der Waals surface area (Å²) in [4.78, 5) is 9.25. The maximum absolute atomic E-state index is 4.49. The van der Waals surface area contributed by atoms with Crippen LogP contribution in [0.5, 0.6) is 0 Å². The predicted molar refractivity (Wildman–Crippen MR) is 88.6 cm³/mol. The largest absolute Gasteiger partial charge is 0.352 e. The molecule has 24 heavy (non-hydrogen) atoms. The van der Waals surface area contributed by atoms with Crippen LogP contribution >= 0.6 is 0 Å². The van der Waals surface area contributed by atoms with Crippen molar-refractivity contribution >= 4 is 11.5 Å². The number of fused-ring (bicyclic) bond motifs is 1. The highest BCUT2D eigenvalue weighted by molar-refractivity contribution is 5.44. The van der Waals surface area contributed by atoms with Crippen molar-refractivity contribution in [1.82, 2.24) is 39.7 Å². The van der Waals surface area contributed by atoms with E-state index in [0.717, 1.165) is 44.4 Å². The van der Waals surface area contributed by atoms with E-state index in [4.69, 9.17) is 0 Å². The molecule has 1 aliphatic heterocycles. The Balaban J connectivity index is 1.45. The molecule has 1 fully saturated rings. The number of piperazine rings is 1. The summed E-state index contributed by atoms with van der Waals surface area (Å²) in [6, 6.07) is 4.31. The first-order valence-corrected chi connectivity index (χ1v) is 8.29. The molecule has 1 saturated heterocycles. The Bertz CT molecular complexity index is 823. The van der Waals surface area contributed by atoms with Gasteiger partial charge in [0.25, 0.3) is 0 Å². The van der Waals surface area contributed by atoms with E-state index in [-0.39, 0.29) is 0 Å². The minimum Gasteiger partial charge on any atom is -0.352 e. The Morgan fingerprint density at radius 3 is 3.00 bits per heavy atom. The SMILES string of the molecule is CCn1ccnc1CN1CCN(c2ccc3nnnn3n2)C[C@H]1C. The average molecular weight is 327 g/mol. The zero-order valence-electron chi connectivity index (χ0n) is 13.9. The number of imidazole rings is 1. The zero-order valence-corrected chi connectivity index (χ0v) is 13.9. The number of aromatic nitrogens is 7. The molecule has 0 spiro atoms. The smallest absolute Gasteiger partial charge is 0.200 e. The Morgan fingerprint density at radius 2 is 2.17 bits per heavy atom. The van der Waals surface area contributed by atoms with Crippen LogP contribution in [0.15, 0.2) is 24.5 Å². The minimum absolute atomic E-state index is 0.423. The molecule has 9 heteroatoms. The van der Waals surface area contributed by atoms with Gasteiger partial charge < -0.3 is 9.47 Å². The second-order valence-corrected chi connectivity index (χ2v) is 6.11. The number of aryl methyl sites for hydroxylation is 1. The third-order valence-corrected chi connectivity index (χ3v) is 4.63. The Hall–Kier alpha value is -2.55. The van der Waals surface area contributed by atoms with Crippen LogP contribution in [-0.2, 0) is 13.1 Å². The van der Waals surface area contributed by atoms with Crippen LogP contribution in [0.25, 0.3) is 5.65 Å². The van der Waals surface area contributed by atoms with Crippen LogP contribution in [0.4, 0.5) is 5.82 Å². The van der Waals surface area contributed by atoms with Crippen molar-refractivity contribution in [3.8, 4) is 0 Å². The van der Waals surface area contributed by atoms with Gasteiger partial charge >= 0.3 is 0 Å². The molecular weight excluding hydrogens is 306 g/mol. The highest BCUT2D eigenvalue weighted by Crippen LogP contribution is 2.18. The third kappa shape index (κ3) is 2.71. The minimum atomic E-state index is 0.423. The van der Waals surface area contributed by atoms with E-state index < -0.39 is 0 Å². The summed E-state index contributed by atoms with van der Waals surface area (Å²) in [5.41, 5.74) is 0.664. The molecule has 0 aromatic carbocycles. The second-order valence-electron chi connectivity index (χ2n) is 6.11. The number of hydrogen-bond donors (Lipinski definition) is 0. The molecule has 0 bridgehead atoms. The first-order valence-electron chi connectivity index (χ1n) is 8.29. The fraction of sp³-hybridized carbons (Fsp3) is 0.533. The van der Waals surface area contributed by atoms with E-state index >= 15 is 0 Å². The van der Waals surface area contributed by atoms with Gasteiger partial charge in [-0.25, -0.2) is 4.98 Å². The van der Waals surface area contributed by atoms with E-state index in [1.165, 1.54) is 4.63 Å². The van der Waals surface area contributed by atoms with E-state index in [0.29, 0.717) is 11.7 Å². The van der Waals surface area contributed by atoms with Crippen LogP contribution in [0, 0.1) is 0 Å². The lowest BCUT2D eigenvalue weighted by molar-refractivity contribution is 0.174. The molecule has 0 unspecified atom stereocenters. The van der Waals surface area contributed by atoms with E-state index in [9.17, 15) is 0 Å². The summed E-state index contributed by atoms with van der Waals surface area (Å²) >= 11 is 0. The maximum Gasteiger partial charge on any atom is 0.200 e. The van der Waals surface area contributed by atoms with Crippen molar-refractivity contribution in [2.24, 2.45) is 0 Å². The van der Waals surface area contributed by atoms with Gasteiger partial charge in [-0.3, -0.25) is 4.90 Å². The van der Waals surface area contributed by atoms with Crippen molar-refractivity contribution in [2.45, 2.75) is 33.0 Å². The predicted octanol–water partition coefficient (Wildman–Crippen LogP) is 0.446. The number of hydrogen-bond acceptors (Lipinski definition) is 7. The van der Waals surface area contributed by atoms with Crippen LogP contribution < -0.4 is 4.90 Å². The molecule has 0 radical (unpaired) electrons. The Morgan fingerprint density at radius 1 is 1.25 bits per heavy atom. The lowest BCUT2D eigenvalue weighted by Gasteiger charge is -2.40. The molecule has 0 saturated carbocycles. The molecule has 0 N–H and O–H groups in total. The van der Waals surface area contributed by atoms with Gasteiger partial charge in [0.2, 0.25) is 0 Å². The molecule has 1 atom stereocenters. The molecular formula is C15H21N9. The number of tetrazole rings is 1. The van der Waals surface area contributed by atoms with Gasteiger partial charge in [0.05, 0.1) is 6.54 Å². The van der Waals surface area contributed by atoms with Gasteiger partial charge in [0.1, 0.15) is 5.82 Å². The summed E-state index contributed by atoms with van der Waals surface area (Å²) in [5.74, 6) is 2.04. The van der Waals surface area contributed by atoms with Gasteiger partial charge in [-0.2, -0.15) is 0 Å². The highest BCUT2D eigenvalue weighted by Gasteiger charge is 2.25. The van der Waals surface area contributed by atoms with Crippen LogP contribution in [0.2, 0.25) is 0 Å². The number of nitrogens with zero attached hydrogens (tertiary/aromatic N) is 9. The topological polar surface area (TPSA) is 80.3 Å². The lowest BCUT2D eigenvalue weighted by Crippen LogP contribution is -2.52. The fourth-order valence-electron chi connectivity index (χ4n) is 3.21. The summed E-state index contributed by atoms with van der Waals surface area (Å²) in [6.07, 6.45) is 3.92. The van der Waals surface area contributed by atoms with Gasteiger partial charge in [0, 0.05) is 44.6 Å². The zero-order chi connectivity index (χ0) is 16.5. The Labute approximate surface area is 139 Å². The maximum atomic E-state index is 4.49. The van der Waals surface area contributed by atoms with Gasteiger partial charge in [-0.1, -0.05) is 0 Å². The summed E-state index contributed by atoms with van der Waals surface area (Å²) < 4.78 is 3.68. The quantitative estimate of drug-likeness (QED) is 0.688. The normalized spacial score (nSPS) is 19.2. The summed E-state index contributed by atoms with van der Waals surface area (Å²) in [6.45, 7) is 9.07. The molecule has 3 aromatic heterocycles. The molecule has 9 nitrogen and oxygen atoms in total. The van der Waals surface area contributed by atoms with Crippen molar-refractivity contribution < 1.29 is 0 Å². The van der Waals surface area contributed by atoms with Gasteiger partial charge in [-0.05, 0) is 36.4 Å². The van der Waals surface area contributed by atoms with Crippen molar-refractivity contribution in [3.05, 3.63) is 30.4 Å². The monoisotopic (exact) mass is 327 g/mol. The van der Waals surface area contributed by atoms with Crippen LogP contribution in [-0.4, -0.2) is 65.4 Å². The van der Waals surface area contributed by atoms with Crippen molar-refractivity contribution in [3.63, 3.8) is 0 Å². The van der Waals surface area contributed by atoms with E-state index in [2.05, 4.69) is 53.8 Å². The molecule has 3 aromatic rings. The highest BCUT2D eigenvalue weighted by atomic mass is 15.6. The molecule has 0 aliphatic carbocycles. The average Bonchev–Trinajstić information content (AvgIpc) is 3.24. The van der Waals surface area contributed by atoms with Crippen LogP contribution in [0.1, 0.15) is 19.7 Å². The van der Waals surface area contributed by atoms with Gasteiger partial charge in [0.15, 0.2) is 11.5 Å². The molecule has 4 heterocycles.